The van der Waals surface area contributed by atoms with Gasteiger partial charge in [0, 0.05) is 94.6 Å². The lowest BCUT2D eigenvalue weighted by atomic mass is 9.86. The number of rotatable bonds is 18. The van der Waals surface area contributed by atoms with E-state index in [2.05, 4.69) is 51.0 Å². The van der Waals surface area contributed by atoms with Crippen LogP contribution in [-0.2, 0) is 74.3 Å². The topological polar surface area (TPSA) is 218 Å². The Morgan fingerprint density at radius 2 is 0.981 bits per heavy atom. The van der Waals surface area contributed by atoms with Crippen LogP contribution in [-0.4, -0.2) is 87.4 Å². The zero-order valence-corrected chi connectivity index (χ0v) is 58.0. The number of hydrogen-bond acceptors (Lipinski definition) is 11. The minimum Gasteiger partial charge on any atom is -0.480 e. The van der Waals surface area contributed by atoms with Crippen LogP contribution in [0.5, 0.6) is 0 Å². The fraction of sp³-hybridized carbons (Fsp3) is 0.377. The molecule has 10 aromatic rings. The third kappa shape index (κ3) is 15.2. The maximum atomic E-state index is 15.3. The number of halogens is 12. The Bertz CT molecular complexity index is 5180. The molecule has 14 rings (SSSR count). The van der Waals surface area contributed by atoms with Crippen molar-refractivity contribution in [2.45, 2.75) is 159 Å². The van der Waals surface area contributed by atoms with Crippen molar-refractivity contribution in [2.24, 2.45) is 31.7 Å². The van der Waals surface area contributed by atoms with Crippen LogP contribution in [0.1, 0.15) is 177 Å². The average molecular weight is 1460 g/mol. The number of pyridine rings is 2. The predicted molar refractivity (Wildman–Crippen MR) is 364 cm³/mol. The summed E-state index contributed by atoms with van der Waals surface area (Å²) >= 11 is 0. The minimum atomic E-state index is -3.42. The Balaban J connectivity index is 0.000000167. The fourth-order valence-corrected chi connectivity index (χ4v) is 14.5. The van der Waals surface area contributed by atoms with Gasteiger partial charge in [0.25, 0.3) is 24.7 Å². The summed E-state index contributed by atoms with van der Waals surface area (Å²) in [6, 6.07) is 24.4. The number of carbonyl (C=O) groups is 2. The number of nitrogens with zero attached hydrogens (tertiary/aromatic N) is 10. The van der Waals surface area contributed by atoms with Crippen LogP contribution < -0.4 is 5.73 Å². The number of ketones is 1. The van der Waals surface area contributed by atoms with Crippen LogP contribution in [0.4, 0.5) is 52.7 Å². The molecule has 16 nitrogen and oxygen atoms in total. The van der Waals surface area contributed by atoms with Crippen molar-refractivity contribution < 1.29 is 77.6 Å². The normalized spacial score (nSPS) is 17.7. The average Bonchev–Trinajstić information content (AvgIpc) is 1.53. The third-order valence-electron chi connectivity index (χ3n) is 18.9. The predicted octanol–water partition coefficient (Wildman–Crippen LogP) is 14.9. The fourth-order valence-electron chi connectivity index (χ4n) is 14.5. The first kappa shape index (κ1) is 74.6. The molecule has 6 heterocycles. The number of carboxylic acids is 1. The molecule has 4 aromatic carbocycles. The van der Waals surface area contributed by atoms with Crippen LogP contribution in [0, 0.1) is 58.8 Å². The van der Waals surface area contributed by atoms with Gasteiger partial charge in [0.2, 0.25) is 0 Å². The molecule has 0 unspecified atom stereocenters. The molecule has 0 amide bonds. The summed E-state index contributed by atoms with van der Waals surface area (Å²) in [5.74, 6) is -4.73. The number of carbonyl (C=O) groups excluding carboxylic acids is 1. The van der Waals surface area contributed by atoms with Gasteiger partial charge in [-0.1, -0.05) is 62.1 Å². The first-order valence-electron chi connectivity index (χ1n) is 33.8. The van der Waals surface area contributed by atoms with E-state index in [0.717, 1.165) is 75.0 Å². The van der Waals surface area contributed by atoms with Crippen LogP contribution >= 0.6 is 0 Å². The van der Waals surface area contributed by atoms with E-state index in [1.165, 1.54) is 26.0 Å². The van der Waals surface area contributed by atoms with Crippen molar-refractivity contribution in [3.63, 3.8) is 0 Å². The molecular formula is C77H71F12N11O5. The quantitative estimate of drug-likeness (QED) is 0.0466. The Kier molecular flexibility index (Phi) is 20.1. The number of aromatic nitrogens is 10. The molecule has 0 aliphatic heterocycles. The highest BCUT2D eigenvalue weighted by Crippen LogP contribution is 2.69. The van der Waals surface area contributed by atoms with Gasteiger partial charge in [-0.2, -0.15) is 38.0 Å². The van der Waals surface area contributed by atoms with E-state index < -0.39 is 142 Å². The van der Waals surface area contributed by atoms with Gasteiger partial charge in [0.15, 0.2) is 5.78 Å². The Hall–Kier alpha value is -10.2. The number of carboxylic acid groups (broad SMARTS) is 1. The van der Waals surface area contributed by atoms with Crippen molar-refractivity contribution in [1.29, 1.82) is 0 Å². The second-order valence-corrected chi connectivity index (χ2v) is 27.9. The molecule has 6 aromatic heterocycles. The largest absolute Gasteiger partial charge is 0.480 e. The molecule has 0 spiro atoms. The van der Waals surface area contributed by atoms with E-state index in [1.54, 1.807) is 43.8 Å². The Labute approximate surface area is 594 Å². The Morgan fingerprint density at radius 3 is 1.39 bits per heavy atom. The zero-order valence-electron chi connectivity index (χ0n) is 58.0. The lowest BCUT2D eigenvalue weighted by Crippen LogP contribution is -2.24. The number of hydrogen-bond donors (Lipinski definition) is 4. The van der Waals surface area contributed by atoms with Gasteiger partial charge in [0.05, 0.1) is 39.9 Å². The highest BCUT2D eigenvalue weighted by atomic mass is 19.3. The molecule has 0 saturated heterocycles. The van der Waals surface area contributed by atoms with Gasteiger partial charge >= 0.3 is 5.97 Å². The van der Waals surface area contributed by atoms with E-state index in [1.807, 2.05) is 61.1 Å². The van der Waals surface area contributed by atoms with Crippen LogP contribution in [0.3, 0.4) is 0 Å². The highest BCUT2D eigenvalue weighted by molar-refractivity contribution is 5.97. The van der Waals surface area contributed by atoms with Gasteiger partial charge in [-0.3, -0.25) is 28.3 Å². The number of fused-ring (bicyclic) bond motifs is 8. The second kappa shape index (κ2) is 28.4. The summed E-state index contributed by atoms with van der Waals surface area (Å²) in [6.45, 7) is 8.68. The third-order valence-corrected chi connectivity index (χ3v) is 18.9. The van der Waals surface area contributed by atoms with Crippen LogP contribution in [0.15, 0.2) is 97.1 Å². The monoisotopic (exact) mass is 1460 g/mol. The molecule has 0 bridgehead atoms. The second-order valence-electron chi connectivity index (χ2n) is 27.9. The number of para-hydroxylation sites is 2. The molecular weight excluding hydrogens is 1390 g/mol. The number of aryl methyl sites for hydroxylation is 4. The molecule has 28 heteroatoms. The number of aliphatic carboxylic acids is 1. The van der Waals surface area contributed by atoms with Gasteiger partial charge < -0.3 is 21.1 Å². The summed E-state index contributed by atoms with van der Waals surface area (Å²) in [7, 11) is 3.70. The maximum Gasteiger partial charge on any atom is 0.325 e. The van der Waals surface area contributed by atoms with E-state index in [9.17, 15) is 63.7 Å². The number of alkyl halides is 8. The van der Waals surface area contributed by atoms with Gasteiger partial charge in [-0.25, -0.2) is 45.1 Å². The van der Waals surface area contributed by atoms with Crippen LogP contribution in [0.25, 0.3) is 44.1 Å². The summed E-state index contributed by atoms with van der Waals surface area (Å²) < 4.78 is 173. The SMILES string of the molecule is CCc1nn(C)c2c(-c3ccc(C#CC(C)(C)O)nc3[C@@H](CC(=O)Cn3nc(C(F)F)c4c3C(F)(F)[C@@H]3C[C@H]43)Cc3cc(F)cc(F)c3)cccc12.CCc1nn(C)c2c(-c3ccc(C#CC(C)(C)O)nc3[C@@H](N)Cc3cc(F)cc(F)c3)cccc12.O=C(O)Cn1nc(C(F)F)c2c1C(F)(F)[C@@H]1C[C@H]21. The van der Waals surface area contributed by atoms with E-state index in [0.29, 0.717) is 49.6 Å². The number of aliphatic hydroxyl groups is 2. The molecule has 2 saturated carbocycles. The van der Waals surface area contributed by atoms with E-state index >= 15 is 8.78 Å². The Morgan fingerprint density at radius 1 is 0.571 bits per heavy atom. The van der Waals surface area contributed by atoms with Crippen molar-refractivity contribution in [1.82, 2.24) is 49.1 Å². The first-order valence-corrected chi connectivity index (χ1v) is 33.8. The minimum absolute atomic E-state index is 0.0793. The van der Waals surface area contributed by atoms with Crippen molar-refractivity contribution in [2.75, 3.05) is 0 Å². The molecule has 0 radical (unpaired) electrons. The summed E-state index contributed by atoms with van der Waals surface area (Å²) in [6.07, 6.45) is -4.68. The number of benzene rings is 4. The molecule has 6 atom stereocenters. The van der Waals surface area contributed by atoms with Gasteiger partial charge in [-0.15, -0.1) is 0 Å². The van der Waals surface area contributed by atoms with E-state index in [4.69, 9.17) is 20.8 Å². The smallest absolute Gasteiger partial charge is 0.325 e. The molecule has 4 aliphatic rings. The van der Waals surface area contributed by atoms with Crippen molar-refractivity contribution >= 4 is 33.6 Å². The lowest BCUT2D eigenvalue weighted by Gasteiger charge is -2.21. The zero-order chi connectivity index (χ0) is 75.8. The number of nitrogens with two attached hydrogens (primary N) is 1. The summed E-state index contributed by atoms with van der Waals surface area (Å²) in [4.78, 5) is 34.1. The first-order chi connectivity index (χ1) is 49.4. The molecule has 105 heavy (non-hydrogen) atoms. The van der Waals surface area contributed by atoms with Crippen molar-refractivity contribution in [3.05, 3.63) is 200 Å². The summed E-state index contributed by atoms with van der Waals surface area (Å²) in [5.41, 5.74) is 9.71. The van der Waals surface area contributed by atoms with Gasteiger partial charge in [0.1, 0.15) is 81.7 Å². The van der Waals surface area contributed by atoms with Crippen LogP contribution in [0.2, 0.25) is 0 Å². The lowest BCUT2D eigenvalue weighted by molar-refractivity contribution is -0.138. The molecule has 2 fully saturated rings. The molecule has 5 N–H and O–H groups in total. The van der Waals surface area contributed by atoms with Gasteiger partial charge in [-0.05, 0) is 150 Å². The molecule has 4 aliphatic carbocycles. The van der Waals surface area contributed by atoms with Crippen molar-refractivity contribution in [3.8, 4) is 45.9 Å². The highest BCUT2D eigenvalue weighted by Gasteiger charge is 2.68. The maximum absolute atomic E-state index is 15.3. The van der Waals surface area contributed by atoms with E-state index in [-0.39, 0.29) is 54.5 Å². The number of Topliss-reactive ketones (excluding diaryl/α,β-unsaturated/α-hetero) is 1. The summed E-state index contributed by atoms with van der Waals surface area (Å²) in [5, 5.41) is 47.3. The standard InChI is InChI=1S/C39H35F6N5O2.C28H28F2N4O.C10H8F4N2O2/c1-5-31-28-8-6-7-27(35(28)49(4)47-31)26-10-9-24(11-12-38(2,3)52)46-33(26)21(13-20-14-22(40)17-23(41)15-20)16-25(51)19-50-36-32(34(48-50)37(42)43)29-18-30(29)39(36,44)45;1-5-25-23-8-6-7-22(27(23)34(4)33-25)21-10-9-20(11-12-28(2,3)35)32-26(21)24(31)15-17-13-18(29)16-19(30)14-17;11-9(12)7-6-3-1-4(3)10(13,14)8(6)16(15-7)2-5(17)18/h6-10,14-15,17,21,29-30,37,52H,5,13,16,18-19H2,1-4H3;6-10,13-14,16,24,35H,5,15,31H2,1-4H3;3-4,9H,1-2H2,(H,17,18)/t21-,29+,30-;24-;3-,4+/m100/s1. The molecule has 548 valence electrons.